The molecule has 9 nitrogen and oxygen atoms in total. The molecule has 3 N–H and O–H groups in total. The predicted octanol–water partition coefficient (Wildman–Crippen LogP) is 2.02. The van der Waals surface area contributed by atoms with E-state index >= 15 is 0 Å². The van der Waals surface area contributed by atoms with Crippen LogP contribution >= 0.6 is 0 Å². The molecule has 2 amide bonds. The lowest BCUT2D eigenvalue weighted by Crippen LogP contribution is -2.35. The first kappa shape index (κ1) is 20.7. The minimum atomic E-state index is -2.11. The number of nitrogen functional groups attached to an aromatic ring is 1. The number of aromatic nitrogens is 1. The molecule has 2 atom stereocenters. The first-order valence-corrected chi connectivity index (χ1v) is 10.2. The Hall–Kier alpha value is -2.98. The van der Waals surface area contributed by atoms with Crippen molar-refractivity contribution in [3.05, 3.63) is 47.2 Å². The van der Waals surface area contributed by atoms with Crippen LogP contribution in [0, 0.1) is 0 Å². The van der Waals surface area contributed by atoms with Gasteiger partial charge in [0.2, 0.25) is 0 Å². The number of nitrogens with zero attached hydrogens (tertiary/aromatic N) is 2. The van der Waals surface area contributed by atoms with E-state index in [4.69, 9.17) is 15.2 Å². The van der Waals surface area contributed by atoms with Crippen molar-refractivity contribution in [2.75, 3.05) is 25.2 Å². The highest BCUT2D eigenvalue weighted by Gasteiger charge is 2.42. The minimum absolute atomic E-state index is 0.0410. The molecule has 1 aliphatic rings. The van der Waals surface area contributed by atoms with Gasteiger partial charge in [0.15, 0.2) is 16.8 Å². The summed E-state index contributed by atoms with van der Waals surface area (Å²) in [5, 5.41) is 0. The van der Waals surface area contributed by atoms with Crippen LogP contribution in [0.25, 0.3) is 0 Å². The zero-order valence-electron chi connectivity index (χ0n) is 16.0. The molecule has 29 heavy (non-hydrogen) atoms. The highest BCUT2D eigenvalue weighted by Crippen LogP contribution is 2.37. The molecule has 0 saturated heterocycles. The van der Waals surface area contributed by atoms with Gasteiger partial charge >= 0.3 is 0 Å². The number of carbonyl (C=O) groups excluding carboxylic acids is 2. The second-order valence-electron chi connectivity index (χ2n) is 6.26. The Morgan fingerprint density at radius 3 is 2.62 bits per heavy atom. The van der Waals surface area contributed by atoms with Crippen LogP contribution in [0.4, 0.5) is 5.69 Å². The molecular formula is C19H21N3O6S. The molecule has 0 aliphatic carbocycles. The van der Waals surface area contributed by atoms with Crippen LogP contribution in [0.5, 0.6) is 11.6 Å². The van der Waals surface area contributed by atoms with E-state index in [0.717, 1.165) is 4.90 Å². The number of amides is 2. The van der Waals surface area contributed by atoms with Gasteiger partial charge in [0.05, 0.1) is 42.3 Å². The second kappa shape index (κ2) is 8.58. The van der Waals surface area contributed by atoms with Crippen LogP contribution in [0.1, 0.15) is 45.8 Å². The summed E-state index contributed by atoms with van der Waals surface area (Å²) in [6, 6.07) is 7.01. The summed E-state index contributed by atoms with van der Waals surface area (Å²) in [5.41, 5.74) is 6.78. The van der Waals surface area contributed by atoms with Crippen molar-refractivity contribution in [3.8, 4) is 11.6 Å². The number of rotatable bonds is 8. The number of carbonyl (C=O) groups is 2. The SMILES string of the molecule is CCOc1nc(C(CCS(=O)O)N2C(=O)c3cccc(N)c3C2=O)ccc1OC. The van der Waals surface area contributed by atoms with Gasteiger partial charge in [-0.05, 0) is 37.6 Å². The Kier molecular flexibility index (Phi) is 6.14. The third-order valence-electron chi connectivity index (χ3n) is 4.55. The van der Waals surface area contributed by atoms with E-state index in [1.807, 2.05) is 0 Å². The molecule has 10 heteroatoms. The molecule has 154 valence electrons. The lowest BCUT2D eigenvalue weighted by atomic mass is 10.1. The summed E-state index contributed by atoms with van der Waals surface area (Å²) < 4.78 is 31.3. The number of benzene rings is 1. The maximum atomic E-state index is 13.0. The average molecular weight is 419 g/mol. The molecule has 3 rings (SSSR count). The highest BCUT2D eigenvalue weighted by atomic mass is 32.2. The van der Waals surface area contributed by atoms with Gasteiger partial charge in [0.25, 0.3) is 17.7 Å². The smallest absolute Gasteiger partial charge is 0.264 e. The van der Waals surface area contributed by atoms with Crippen LogP contribution in [-0.4, -0.2) is 49.9 Å². The van der Waals surface area contributed by atoms with Crippen molar-refractivity contribution >= 4 is 28.6 Å². The Bertz CT molecular complexity index is 980. The molecule has 2 unspecified atom stereocenters. The Balaban J connectivity index is 2.06. The lowest BCUT2D eigenvalue weighted by Gasteiger charge is -2.26. The van der Waals surface area contributed by atoms with Gasteiger partial charge in [-0.3, -0.25) is 14.5 Å². The fourth-order valence-electron chi connectivity index (χ4n) is 3.26. The van der Waals surface area contributed by atoms with E-state index in [9.17, 15) is 18.4 Å². The number of ether oxygens (including phenoxy) is 2. The summed E-state index contributed by atoms with van der Waals surface area (Å²) in [7, 11) is 1.47. The van der Waals surface area contributed by atoms with E-state index < -0.39 is 28.9 Å². The fourth-order valence-corrected chi connectivity index (χ4v) is 3.68. The molecule has 1 aromatic heterocycles. The first-order chi connectivity index (χ1) is 13.9. The van der Waals surface area contributed by atoms with Crippen LogP contribution in [0.15, 0.2) is 30.3 Å². The predicted molar refractivity (Wildman–Crippen MR) is 106 cm³/mol. The van der Waals surface area contributed by atoms with Crippen molar-refractivity contribution in [2.24, 2.45) is 0 Å². The molecule has 2 heterocycles. The second-order valence-corrected chi connectivity index (χ2v) is 7.31. The summed E-state index contributed by atoms with van der Waals surface area (Å²) in [5.74, 6) is -0.634. The number of pyridine rings is 1. The molecule has 2 aromatic rings. The highest BCUT2D eigenvalue weighted by molar-refractivity contribution is 7.79. The van der Waals surface area contributed by atoms with Crippen molar-refractivity contribution in [3.63, 3.8) is 0 Å². The summed E-state index contributed by atoms with van der Waals surface area (Å²) in [4.78, 5) is 31.4. The molecule has 0 saturated carbocycles. The number of fused-ring (bicyclic) bond motifs is 1. The number of anilines is 1. The maximum absolute atomic E-state index is 13.0. The molecule has 0 bridgehead atoms. The van der Waals surface area contributed by atoms with E-state index in [-0.39, 0.29) is 34.9 Å². The number of methoxy groups -OCH3 is 1. The van der Waals surface area contributed by atoms with E-state index in [1.165, 1.54) is 13.2 Å². The van der Waals surface area contributed by atoms with Crippen molar-refractivity contribution in [1.82, 2.24) is 9.88 Å². The monoisotopic (exact) mass is 419 g/mol. The van der Waals surface area contributed by atoms with E-state index in [0.29, 0.717) is 18.1 Å². The summed E-state index contributed by atoms with van der Waals surface area (Å²) in [6.45, 7) is 2.12. The van der Waals surface area contributed by atoms with Gasteiger partial charge in [-0.15, -0.1) is 0 Å². The fraction of sp³-hybridized carbons (Fsp3) is 0.316. The molecule has 0 fully saturated rings. The number of hydrogen-bond acceptors (Lipinski definition) is 7. The Labute approximate surface area is 170 Å². The van der Waals surface area contributed by atoms with Crippen molar-refractivity contribution in [1.29, 1.82) is 0 Å². The Morgan fingerprint density at radius 1 is 1.24 bits per heavy atom. The van der Waals surface area contributed by atoms with Gasteiger partial charge in [-0.1, -0.05) is 6.07 Å². The largest absolute Gasteiger partial charge is 0.491 e. The van der Waals surface area contributed by atoms with Gasteiger partial charge in [0.1, 0.15) is 0 Å². The molecule has 0 radical (unpaired) electrons. The molecular weight excluding hydrogens is 398 g/mol. The molecule has 1 aromatic carbocycles. The minimum Gasteiger partial charge on any atom is -0.491 e. The van der Waals surface area contributed by atoms with Crippen LogP contribution in [0.2, 0.25) is 0 Å². The number of imide groups is 1. The Morgan fingerprint density at radius 2 is 2.00 bits per heavy atom. The van der Waals surface area contributed by atoms with Gasteiger partial charge in [-0.25, -0.2) is 9.19 Å². The van der Waals surface area contributed by atoms with Crippen LogP contribution < -0.4 is 15.2 Å². The van der Waals surface area contributed by atoms with Gasteiger partial charge in [-0.2, -0.15) is 0 Å². The average Bonchev–Trinajstić information content (AvgIpc) is 2.94. The standard InChI is InChI=1S/C19H21N3O6S/c1-3-28-17-15(27-2)8-7-13(21-17)14(9-10-29(25)26)22-18(23)11-5-4-6-12(20)16(11)19(22)24/h4-8,14H,3,9-10,20H2,1-2H3,(H,25,26). The number of hydrogen-bond donors (Lipinski definition) is 2. The van der Waals surface area contributed by atoms with E-state index in [2.05, 4.69) is 4.98 Å². The topological polar surface area (TPSA) is 132 Å². The lowest BCUT2D eigenvalue weighted by molar-refractivity contribution is 0.0574. The van der Waals surface area contributed by atoms with E-state index in [1.54, 1.807) is 31.2 Å². The third-order valence-corrected chi connectivity index (χ3v) is 5.13. The summed E-state index contributed by atoms with van der Waals surface area (Å²) >= 11 is -2.11. The van der Waals surface area contributed by atoms with Crippen LogP contribution in [-0.2, 0) is 11.1 Å². The van der Waals surface area contributed by atoms with Crippen molar-refractivity contribution in [2.45, 2.75) is 19.4 Å². The normalized spacial score (nSPS) is 15.2. The van der Waals surface area contributed by atoms with Crippen molar-refractivity contribution < 1.29 is 27.8 Å². The summed E-state index contributed by atoms with van der Waals surface area (Å²) in [6.07, 6.45) is 0.0410. The molecule has 0 spiro atoms. The van der Waals surface area contributed by atoms with Gasteiger partial charge in [0, 0.05) is 5.69 Å². The number of nitrogens with two attached hydrogens (primary N) is 1. The zero-order valence-corrected chi connectivity index (χ0v) is 16.8. The molecule has 1 aliphatic heterocycles. The maximum Gasteiger partial charge on any atom is 0.264 e. The third kappa shape index (κ3) is 3.94. The van der Waals surface area contributed by atoms with Crippen LogP contribution in [0.3, 0.4) is 0 Å². The first-order valence-electron chi connectivity index (χ1n) is 8.90. The zero-order chi connectivity index (χ0) is 21.1. The van der Waals surface area contributed by atoms with Gasteiger partial charge < -0.3 is 19.8 Å². The quantitative estimate of drug-likeness (QED) is 0.377.